The van der Waals surface area contributed by atoms with Gasteiger partial charge in [-0.3, -0.25) is 14.5 Å². The molecular weight excluding hydrogens is 456 g/mol. The molecule has 0 aliphatic carbocycles. The molecule has 2 aromatic carbocycles. The van der Waals surface area contributed by atoms with Crippen molar-refractivity contribution in [2.24, 2.45) is 0 Å². The fraction of sp³-hybridized carbons (Fsp3) is 0.280. The number of carbonyl (C=O) groups is 2. The van der Waals surface area contributed by atoms with Crippen molar-refractivity contribution in [1.29, 1.82) is 0 Å². The monoisotopic (exact) mass is 482 g/mol. The van der Waals surface area contributed by atoms with Crippen LogP contribution in [0.15, 0.2) is 60.9 Å². The molecule has 3 aromatic rings. The maximum absolute atomic E-state index is 13.6. The summed E-state index contributed by atoms with van der Waals surface area (Å²) in [5.41, 5.74) is 1.73. The summed E-state index contributed by atoms with van der Waals surface area (Å²) < 4.78 is 37.6. The standard InChI is InChI=1S/C25H26N2O6S/c1-4-33-22-14-17(10-11-21(22)32-2)20(16-34(3,30)31)27-24(28)19-9-7-8-18(23(19)25(27)29)15-26-12-5-6-13-26/h5-14,20H,4,15-16H2,1-3H3. The Morgan fingerprint density at radius 2 is 1.71 bits per heavy atom. The Labute approximate surface area is 198 Å². The summed E-state index contributed by atoms with van der Waals surface area (Å²) in [6.07, 6.45) is 4.83. The first-order valence-electron chi connectivity index (χ1n) is 10.8. The van der Waals surface area contributed by atoms with Crippen LogP contribution in [0.1, 0.15) is 44.8 Å². The van der Waals surface area contributed by atoms with Crippen LogP contribution in [0.2, 0.25) is 0 Å². The summed E-state index contributed by atoms with van der Waals surface area (Å²) in [5, 5.41) is 0. The van der Waals surface area contributed by atoms with Crippen molar-refractivity contribution in [1.82, 2.24) is 9.47 Å². The van der Waals surface area contributed by atoms with E-state index in [0.29, 0.717) is 41.3 Å². The van der Waals surface area contributed by atoms with Gasteiger partial charge in [0, 0.05) is 25.2 Å². The Morgan fingerprint density at radius 1 is 0.971 bits per heavy atom. The normalized spacial score (nSPS) is 14.3. The largest absolute Gasteiger partial charge is 0.493 e. The maximum Gasteiger partial charge on any atom is 0.262 e. The SMILES string of the molecule is CCOc1cc(C(CS(C)(=O)=O)N2C(=O)c3cccc(Cn4cccc4)c3C2=O)ccc1OC. The maximum atomic E-state index is 13.6. The first-order valence-corrected chi connectivity index (χ1v) is 12.9. The number of benzene rings is 2. The highest BCUT2D eigenvalue weighted by molar-refractivity contribution is 7.90. The second-order valence-electron chi connectivity index (χ2n) is 8.13. The minimum absolute atomic E-state index is 0.270. The van der Waals surface area contributed by atoms with Crippen LogP contribution >= 0.6 is 0 Å². The van der Waals surface area contributed by atoms with E-state index in [4.69, 9.17) is 9.47 Å². The molecule has 8 nitrogen and oxygen atoms in total. The van der Waals surface area contributed by atoms with Crippen LogP contribution in [0.4, 0.5) is 0 Å². The summed E-state index contributed by atoms with van der Waals surface area (Å²) in [7, 11) is -2.06. The van der Waals surface area contributed by atoms with Crippen LogP contribution in [-0.4, -0.2) is 55.4 Å². The van der Waals surface area contributed by atoms with Gasteiger partial charge in [-0.15, -0.1) is 0 Å². The van der Waals surface area contributed by atoms with E-state index in [9.17, 15) is 18.0 Å². The lowest BCUT2D eigenvalue weighted by atomic mass is 10.0. The summed E-state index contributed by atoms with van der Waals surface area (Å²) in [4.78, 5) is 28.1. The van der Waals surface area contributed by atoms with Gasteiger partial charge in [0.05, 0.1) is 36.6 Å². The highest BCUT2D eigenvalue weighted by Gasteiger charge is 2.43. The van der Waals surface area contributed by atoms with Crippen LogP contribution in [0.5, 0.6) is 11.5 Å². The van der Waals surface area contributed by atoms with Gasteiger partial charge in [0.15, 0.2) is 11.5 Å². The molecule has 34 heavy (non-hydrogen) atoms. The van der Waals surface area contributed by atoms with E-state index < -0.39 is 33.4 Å². The fourth-order valence-electron chi connectivity index (χ4n) is 4.24. The van der Waals surface area contributed by atoms with Crippen molar-refractivity contribution in [3.05, 3.63) is 83.2 Å². The quantitative estimate of drug-likeness (QED) is 0.434. The molecule has 0 saturated carbocycles. The second kappa shape index (κ2) is 9.34. The molecule has 1 atom stereocenters. The van der Waals surface area contributed by atoms with Crippen LogP contribution in [-0.2, 0) is 16.4 Å². The zero-order chi connectivity index (χ0) is 24.5. The first-order chi connectivity index (χ1) is 16.2. The number of sulfone groups is 1. The minimum atomic E-state index is -3.56. The lowest BCUT2D eigenvalue weighted by Gasteiger charge is -2.27. The predicted molar refractivity (Wildman–Crippen MR) is 127 cm³/mol. The molecule has 9 heteroatoms. The molecule has 0 bridgehead atoms. The number of fused-ring (bicyclic) bond motifs is 1. The van der Waals surface area contributed by atoms with Gasteiger partial charge < -0.3 is 14.0 Å². The summed E-state index contributed by atoms with van der Waals surface area (Å²) >= 11 is 0. The van der Waals surface area contributed by atoms with Crippen molar-refractivity contribution >= 4 is 21.7 Å². The number of imide groups is 1. The van der Waals surface area contributed by atoms with Gasteiger partial charge in [0.1, 0.15) is 9.84 Å². The second-order valence-corrected chi connectivity index (χ2v) is 10.3. The van der Waals surface area contributed by atoms with Crippen LogP contribution in [0, 0.1) is 0 Å². The average Bonchev–Trinajstić information content (AvgIpc) is 3.39. The third-order valence-electron chi connectivity index (χ3n) is 5.70. The van der Waals surface area contributed by atoms with Crippen molar-refractivity contribution in [3.8, 4) is 11.5 Å². The zero-order valence-corrected chi connectivity index (χ0v) is 20.0. The number of aromatic nitrogens is 1. The molecular formula is C25H26N2O6S. The van der Waals surface area contributed by atoms with Crippen LogP contribution in [0.25, 0.3) is 0 Å². The van der Waals surface area contributed by atoms with Gasteiger partial charge in [-0.25, -0.2) is 8.42 Å². The zero-order valence-electron chi connectivity index (χ0n) is 19.2. The fourth-order valence-corrected chi connectivity index (χ4v) is 5.15. The Hall–Kier alpha value is -3.59. The van der Waals surface area contributed by atoms with Gasteiger partial charge in [-0.1, -0.05) is 18.2 Å². The Morgan fingerprint density at radius 3 is 2.35 bits per heavy atom. The lowest BCUT2D eigenvalue weighted by molar-refractivity contribution is 0.0597. The molecule has 1 aliphatic rings. The molecule has 0 saturated heterocycles. The van der Waals surface area contributed by atoms with Crippen LogP contribution < -0.4 is 9.47 Å². The van der Waals surface area contributed by atoms with Gasteiger partial charge in [-0.05, 0) is 48.4 Å². The summed E-state index contributed by atoms with van der Waals surface area (Å²) in [6.45, 7) is 2.60. The molecule has 0 spiro atoms. The van der Waals surface area contributed by atoms with Gasteiger partial charge in [0.25, 0.3) is 11.8 Å². The van der Waals surface area contributed by atoms with E-state index in [1.54, 1.807) is 36.4 Å². The number of amides is 2. The third kappa shape index (κ3) is 4.56. The number of hydrogen-bond acceptors (Lipinski definition) is 6. The topological polar surface area (TPSA) is 94.9 Å². The summed E-state index contributed by atoms with van der Waals surface area (Å²) in [6, 6.07) is 12.8. The smallest absolute Gasteiger partial charge is 0.262 e. The molecule has 2 amide bonds. The Balaban J connectivity index is 1.79. The van der Waals surface area contributed by atoms with Crippen molar-refractivity contribution in [2.45, 2.75) is 19.5 Å². The van der Waals surface area contributed by atoms with Crippen molar-refractivity contribution in [3.63, 3.8) is 0 Å². The molecule has 0 N–H and O–H groups in total. The van der Waals surface area contributed by atoms with E-state index in [0.717, 1.165) is 11.2 Å². The van der Waals surface area contributed by atoms with E-state index in [1.165, 1.54) is 7.11 Å². The predicted octanol–water partition coefficient (Wildman–Crippen LogP) is 3.33. The van der Waals surface area contributed by atoms with Gasteiger partial charge >= 0.3 is 0 Å². The van der Waals surface area contributed by atoms with E-state index in [2.05, 4.69) is 0 Å². The van der Waals surface area contributed by atoms with E-state index >= 15 is 0 Å². The molecule has 1 aromatic heterocycles. The molecule has 0 fully saturated rings. The van der Waals surface area contributed by atoms with Gasteiger partial charge in [0.2, 0.25) is 0 Å². The molecule has 2 heterocycles. The van der Waals surface area contributed by atoms with Crippen molar-refractivity contribution in [2.75, 3.05) is 25.7 Å². The third-order valence-corrected chi connectivity index (χ3v) is 6.62. The Kier molecular flexibility index (Phi) is 6.47. The highest BCUT2D eigenvalue weighted by atomic mass is 32.2. The number of carbonyl (C=O) groups excluding carboxylic acids is 2. The number of rotatable bonds is 9. The number of nitrogens with zero attached hydrogens (tertiary/aromatic N) is 2. The minimum Gasteiger partial charge on any atom is -0.493 e. The number of hydrogen-bond donors (Lipinski definition) is 0. The Bertz CT molecular complexity index is 1330. The van der Waals surface area contributed by atoms with Crippen molar-refractivity contribution < 1.29 is 27.5 Å². The molecule has 178 valence electrons. The molecule has 4 rings (SSSR count). The van der Waals surface area contributed by atoms with E-state index in [1.807, 2.05) is 36.0 Å². The highest BCUT2D eigenvalue weighted by Crippen LogP contribution is 2.37. The van der Waals surface area contributed by atoms with Crippen LogP contribution in [0.3, 0.4) is 0 Å². The van der Waals surface area contributed by atoms with Gasteiger partial charge in [-0.2, -0.15) is 0 Å². The number of ether oxygens (including phenoxy) is 2. The average molecular weight is 483 g/mol. The molecule has 0 radical (unpaired) electrons. The van der Waals surface area contributed by atoms with E-state index in [-0.39, 0.29) is 5.56 Å². The number of methoxy groups -OCH3 is 1. The first kappa shape index (κ1) is 23.6. The summed E-state index contributed by atoms with van der Waals surface area (Å²) in [5.74, 6) is -0.559. The molecule has 1 unspecified atom stereocenters. The lowest BCUT2D eigenvalue weighted by Crippen LogP contribution is -2.37. The molecule has 1 aliphatic heterocycles.